The molecule has 0 amide bonds. The summed E-state index contributed by atoms with van der Waals surface area (Å²) in [5.74, 6) is 5.47. The molecule has 0 spiro atoms. The number of rotatable bonds is 3. The highest BCUT2D eigenvalue weighted by atomic mass is 79.9. The molecule has 0 bridgehead atoms. The SMILES string of the molecule is Cn1nnc(Br)c1C(NN)c1ccc(F)c2ccccc12. The van der Waals surface area contributed by atoms with Crippen molar-refractivity contribution in [3.63, 3.8) is 0 Å². The topological polar surface area (TPSA) is 68.8 Å². The van der Waals surface area contributed by atoms with Crippen LogP contribution in [-0.4, -0.2) is 15.0 Å². The lowest BCUT2D eigenvalue weighted by Gasteiger charge is -2.19. The predicted molar refractivity (Wildman–Crippen MR) is 81.8 cm³/mol. The number of nitrogens with zero attached hydrogens (tertiary/aromatic N) is 3. The lowest BCUT2D eigenvalue weighted by Crippen LogP contribution is -2.30. The second kappa shape index (κ2) is 5.51. The van der Waals surface area contributed by atoms with E-state index in [1.807, 2.05) is 18.2 Å². The zero-order valence-electron chi connectivity index (χ0n) is 11.2. The first-order valence-corrected chi connectivity index (χ1v) is 7.11. The van der Waals surface area contributed by atoms with Crippen molar-refractivity contribution in [2.75, 3.05) is 0 Å². The molecule has 0 aliphatic carbocycles. The molecule has 5 nitrogen and oxygen atoms in total. The van der Waals surface area contributed by atoms with Crippen molar-refractivity contribution in [2.45, 2.75) is 6.04 Å². The maximum Gasteiger partial charge on any atom is 0.153 e. The van der Waals surface area contributed by atoms with Gasteiger partial charge >= 0.3 is 0 Å². The van der Waals surface area contributed by atoms with Gasteiger partial charge in [-0.3, -0.25) is 5.84 Å². The molecule has 3 N–H and O–H groups in total. The highest BCUT2D eigenvalue weighted by Gasteiger charge is 2.23. The van der Waals surface area contributed by atoms with Gasteiger partial charge in [-0.2, -0.15) is 0 Å². The van der Waals surface area contributed by atoms with Crippen LogP contribution in [0.3, 0.4) is 0 Å². The Bertz CT molecular complexity index is 782. The molecule has 0 radical (unpaired) electrons. The average Bonchev–Trinajstić information content (AvgIpc) is 2.83. The molecule has 1 atom stereocenters. The summed E-state index contributed by atoms with van der Waals surface area (Å²) in [6.45, 7) is 0. The van der Waals surface area contributed by atoms with E-state index in [1.165, 1.54) is 6.07 Å². The minimum Gasteiger partial charge on any atom is -0.271 e. The molecule has 21 heavy (non-hydrogen) atoms. The molecule has 3 rings (SSSR count). The number of fused-ring (bicyclic) bond motifs is 1. The van der Waals surface area contributed by atoms with Gasteiger partial charge in [-0.1, -0.05) is 35.5 Å². The molecule has 1 unspecified atom stereocenters. The summed E-state index contributed by atoms with van der Waals surface area (Å²) in [5.41, 5.74) is 4.39. The maximum absolute atomic E-state index is 13.9. The molecule has 1 aromatic heterocycles. The van der Waals surface area contributed by atoms with Gasteiger partial charge in [-0.25, -0.2) is 14.5 Å². The van der Waals surface area contributed by atoms with Gasteiger partial charge in [-0.05, 0) is 32.9 Å². The van der Waals surface area contributed by atoms with E-state index in [0.717, 1.165) is 16.6 Å². The average molecular weight is 350 g/mol. The van der Waals surface area contributed by atoms with Crippen molar-refractivity contribution in [1.29, 1.82) is 0 Å². The Kier molecular flexibility index (Phi) is 3.71. The number of halogens is 2. The van der Waals surface area contributed by atoms with E-state index in [0.29, 0.717) is 9.99 Å². The third kappa shape index (κ3) is 2.33. The Labute approximate surface area is 129 Å². The van der Waals surface area contributed by atoms with Gasteiger partial charge in [-0.15, -0.1) is 5.10 Å². The molecule has 108 valence electrons. The van der Waals surface area contributed by atoms with Crippen molar-refractivity contribution in [3.8, 4) is 0 Å². The molecule has 0 aliphatic heterocycles. The molecule has 3 aromatic rings. The monoisotopic (exact) mass is 349 g/mol. The van der Waals surface area contributed by atoms with Crippen LogP contribution in [0.5, 0.6) is 0 Å². The first kappa shape index (κ1) is 14.1. The van der Waals surface area contributed by atoms with Gasteiger partial charge in [0.1, 0.15) is 5.82 Å². The smallest absolute Gasteiger partial charge is 0.153 e. The Balaban J connectivity index is 2.25. The van der Waals surface area contributed by atoms with E-state index in [4.69, 9.17) is 5.84 Å². The van der Waals surface area contributed by atoms with Crippen LogP contribution in [0.2, 0.25) is 0 Å². The third-order valence-corrected chi connectivity index (χ3v) is 4.05. The van der Waals surface area contributed by atoms with Crippen LogP contribution in [0.4, 0.5) is 4.39 Å². The lowest BCUT2D eigenvalue weighted by molar-refractivity contribution is 0.570. The number of hydrogen-bond donors (Lipinski definition) is 2. The van der Waals surface area contributed by atoms with Crippen molar-refractivity contribution < 1.29 is 4.39 Å². The van der Waals surface area contributed by atoms with E-state index in [9.17, 15) is 4.39 Å². The number of hydrogen-bond acceptors (Lipinski definition) is 4. The minimum absolute atomic E-state index is 0.257. The number of nitrogens with one attached hydrogen (secondary N) is 1. The van der Waals surface area contributed by atoms with Gasteiger partial charge in [0, 0.05) is 12.4 Å². The molecule has 7 heteroatoms. The van der Waals surface area contributed by atoms with Crippen molar-refractivity contribution in [1.82, 2.24) is 20.4 Å². The van der Waals surface area contributed by atoms with Gasteiger partial charge in [0.05, 0.1) is 11.7 Å². The highest BCUT2D eigenvalue weighted by Crippen LogP contribution is 2.32. The fourth-order valence-electron chi connectivity index (χ4n) is 2.50. The van der Waals surface area contributed by atoms with Gasteiger partial charge in [0.2, 0.25) is 0 Å². The summed E-state index contributed by atoms with van der Waals surface area (Å²) in [6.07, 6.45) is 0. The Morgan fingerprint density at radius 3 is 2.57 bits per heavy atom. The van der Waals surface area contributed by atoms with Crippen LogP contribution in [0.25, 0.3) is 10.8 Å². The molecule has 1 heterocycles. The van der Waals surface area contributed by atoms with E-state index in [1.54, 1.807) is 23.9 Å². The van der Waals surface area contributed by atoms with Crippen LogP contribution in [0, 0.1) is 5.82 Å². The van der Waals surface area contributed by atoms with E-state index in [2.05, 4.69) is 31.7 Å². The first-order chi connectivity index (χ1) is 10.1. The molecule has 0 saturated heterocycles. The summed E-state index contributed by atoms with van der Waals surface area (Å²) >= 11 is 3.37. The van der Waals surface area contributed by atoms with E-state index < -0.39 is 0 Å². The standard InChI is InChI=1S/C14H13BrFN5/c1-21-13(14(15)19-20-21)12(18-17)10-6-7-11(16)9-5-3-2-4-8(9)10/h2-7,12,18H,17H2,1H3. The zero-order valence-corrected chi connectivity index (χ0v) is 12.8. The lowest BCUT2D eigenvalue weighted by atomic mass is 9.97. The molecular weight excluding hydrogens is 337 g/mol. The van der Waals surface area contributed by atoms with Crippen LogP contribution >= 0.6 is 15.9 Å². The van der Waals surface area contributed by atoms with Crippen molar-refractivity contribution in [2.24, 2.45) is 12.9 Å². The van der Waals surface area contributed by atoms with E-state index >= 15 is 0 Å². The number of hydrazine groups is 1. The number of nitrogens with two attached hydrogens (primary N) is 1. The number of aromatic nitrogens is 3. The molecular formula is C14H13BrFN5. The van der Waals surface area contributed by atoms with Gasteiger partial charge in [0.15, 0.2) is 4.60 Å². The summed E-state index contributed by atoms with van der Waals surface area (Å²) in [7, 11) is 1.78. The Hall–Kier alpha value is -1.83. The van der Waals surface area contributed by atoms with E-state index in [-0.39, 0.29) is 11.9 Å². The van der Waals surface area contributed by atoms with Crippen LogP contribution < -0.4 is 11.3 Å². The second-order valence-electron chi connectivity index (χ2n) is 4.67. The maximum atomic E-state index is 13.9. The van der Waals surface area contributed by atoms with Crippen LogP contribution in [-0.2, 0) is 7.05 Å². The first-order valence-electron chi connectivity index (χ1n) is 6.32. The Morgan fingerprint density at radius 2 is 1.95 bits per heavy atom. The summed E-state index contributed by atoms with van der Waals surface area (Å²) in [4.78, 5) is 0. The largest absolute Gasteiger partial charge is 0.271 e. The highest BCUT2D eigenvalue weighted by molar-refractivity contribution is 9.10. The second-order valence-corrected chi connectivity index (χ2v) is 5.42. The molecule has 0 saturated carbocycles. The number of aryl methyl sites for hydroxylation is 1. The van der Waals surface area contributed by atoms with Crippen molar-refractivity contribution in [3.05, 3.63) is 58.1 Å². The number of benzene rings is 2. The third-order valence-electron chi connectivity index (χ3n) is 3.48. The predicted octanol–water partition coefficient (Wildman–Crippen LogP) is 2.42. The van der Waals surface area contributed by atoms with Crippen molar-refractivity contribution >= 4 is 26.7 Å². The Morgan fingerprint density at radius 1 is 1.24 bits per heavy atom. The summed E-state index contributed by atoms with van der Waals surface area (Å²) in [6, 6.07) is 10.1. The summed E-state index contributed by atoms with van der Waals surface area (Å²) < 4.78 is 16.2. The van der Waals surface area contributed by atoms with Crippen LogP contribution in [0.15, 0.2) is 41.0 Å². The zero-order chi connectivity index (χ0) is 15.0. The normalized spacial score (nSPS) is 12.8. The van der Waals surface area contributed by atoms with Gasteiger partial charge in [0.25, 0.3) is 0 Å². The molecule has 2 aromatic carbocycles. The quantitative estimate of drug-likeness (QED) is 0.562. The minimum atomic E-state index is -0.357. The molecule has 0 aliphatic rings. The molecule has 0 fully saturated rings. The fraction of sp³-hybridized carbons (Fsp3) is 0.143. The summed E-state index contributed by atoms with van der Waals surface area (Å²) in [5, 5.41) is 9.28. The van der Waals surface area contributed by atoms with Crippen LogP contribution in [0.1, 0.15) is 17.3 Å². The fourth-order valence-corrected chi connectivity index (χ4v) is 3.06. The van der Waals surface area contributed by atoms with Gasteiger partial charge < -0.3 is 0 Å².